The smallest absolute Gasteiger partial charge is 0.303 e. The standard InChI is InChI=1S/C17H15N5OS/c1-11-7-5-6-10-13(11)19-20-15-14(12-8-3-2-4-9-12)21-22(16(15)23)17(18)24/h2-10,19H,1H3,(H2,18,24)/b20-15+. The van der Waals surface area contributed by atoms with Gasteiger partial charge in [0.15, 0.2) is 10.8 Å². The van der Waals surface area contributed by atoms with Crippen molar-refractivity contribution in [3.63, 3.8) is 0 Å². The summed E-state index contributed by atoms with van der Waals surface area (Å²) >= 11 is 4.89. The number of carbonyl (C=O) groups is 1. The van der Waals surface area contributed by atoms with E-state index in [1.807, 2.05) is 61.5 Å². The van der Waals surface area contributed by atoms with Gasteiger partial charge in [-0.15, -0.1) is 0 Å². The summed E-state index contributed by atoms with van der Waals surface area (Å²) in [4.78, 5) is 12.5. The van der Waals surface area contributed by atoms with E-state index in [1.54, 1.807) is 0 Å². The molecular formula is C17H15N5OS. The van der Waals surface area contributed by atoms with E-state index in [2.05, 4.69) is 15.6 Å². The van der Waals surface area contributed by atoms with Crippen molar-refractivity contribution in [2.45, 2.75) is 6.92 Å². The third-order valence-electron chi connectivity index (χ3n) is 3.51. The van der Waals surface area contributed by atoms with Crippen LogP contribution in [0.25, 0.3) is 0 Å². The Bertz CT molecular complexity index is 860. The van der Waals surface area contributed by atoms with E-state index in [4.69, 9.17) is 18.0 Å². The number of hydrazone groups is 2. The molecule has 1 amide bonds. The number of benzene rings is 2. The first-order chi connectivity index (χ1) is 11.6. The highest BCUT2D eigenvalue weighted by atomic mass is 32.1. The Morgan fingerprint density at radius 2 is 1.83 bits per heavy atom. The average Bonchev–Trinajstić information content (AvgIpc) is 2.92. The Morgan fingerprint density at radius 1 is 1.17 bits per heavy atom. The molecular weight excluding hydrogens is 322 g/mol. The number of amides is 1. The average molecular weight is 337 g/mol. The van der Waals surface area contributed by atoms with Crippen molar-refractivity contribution in [3.8, 4) is 0 Å². The third kappa shape index (κ3) is 3.02. The summed E-state index contributed by atoms with van der Waals surface area (Å²) in [5, 5.41) is 9.34. The van der Waals surface area contributed by atoms with Crippen LogP contribution in [0.1, 0.15) is 11.1 Å². The van der Waals surface area contributed by atoms with Crippen molar-refractivity contribution in [2.75, 3.05) is 5.43 Å². The van der Waals surface area contributed by atoms with Crippen LogP contribution in [0.2, 0.25) is 0 Å². The van der Waals surface area contributed by atoms with E-state index >= 15 is 0 Å². The minimum atomic E-state index is -0.456. The predicted molar refractivity (Wildman–Crippen MR) is 98.8 cm³/mol. The fraction of sp³-hybridized carbons (Fsp3) is 0.0588. The minimum absolute atomic E-state index is 0.116. The molecule has 3 rings (SSSR count). The summed E-state index contributed by atoms with van der Waals surface area (Å²) in [6.07, 6.45) is 0. The van der Waals surface area contributed by atoms with Gasteiger partial charge in [-0.05, 0) is 30.8 Å². The van der Waals surface area contributed by atoms with E-state index < -0.39 is 5.91 Å². The second-order valence-corrected chi connectivity index (χ2v) is 5.58. The number of aryl methyl sites for hydroxylation is 1. The molecule has 0 fully saturated rings. The van der Waals surface area contributed by atoms with Crippen LogP contribution < -0.4 is 11.2 Å². The van der Waals surface area contributed by atoms with Gasteiger partial charge in [-0.3, -0.25) is 10.2 Å². The lowest BCUT2D eigenvalue weighted by Crippen LogP contribution is -2.36. The number of rotatable bonds is 3. The van der Waals surface area contributed by atoms with E-state index in [0.29, 0.717) is 5.71 Å². The number of anilines is 1. The maximum Gasteiger partial charge on any atom is 0.303 e. The monoisotopic (exact) mass is 337 g/mol. The van der Waals surface area contributed by atoms with Crippen LogP contribution in [0.3, 0.4) is 0 Å². The number of nitrogens with zero attached hydrogens (tertiary/aromatic N) is 3. The summed E-state index contributed by atoms with van der Waals surface area (Å²) < 4.78 is 0. The number of para-hydroxylation sites is 1. The summed E-state index contributed by atoms with van der Waals surface area (Å²) in [7, 11) is 0. The Balaban J connectivity index is 1.99. The van der Waals surface area contributed by atoms with Gasteiger partial charge in [0.25, 0.3) is 0 Å². The van der Waals surface area contributed by atoms with Gasteiger partial charge in [-0.1, -0.05) is 48.5 Å². The first kappa shape index (κ1) is 15.8. The molecule has 0 aliphatic carbocycles. The molecule has 0 aromatic heterocycles. The zero-order valence-corrected chi connectivity index (χ0v) is 13.7. The third-order valence-corrected chi connectivity index (χ3v) is 3.68. The highest BCUT2D eigenvalue weighted by Gasteiger charge is 2.34. The van der Waals surface area contributed by atoms with Crippen molar-refractivity contribution in [2.24, 2.45) is 15.9 Å². The molecule has 0 bridgehead atoms. The van der Waals surface area contributed by atoms with Crippen LogP contribution in [0.15, 0.2) is 64.8 Å². The maximum atomic E-state index is 12.5. The Hall–Kier alpha value is -3.06. The molecule has 2 aromatic carbocycles. The Labute approximate surface area is 144 Å². The van der Waals surface area contributed by atoms with Gasteiger partial charge in [-0.25, -0.2) is 0 Å². The van der Waals surface area contributed by atoms with Crippen molar-refractivity contribution in [1.82, 2.24) is 5.01 Å². The van der Waals surface area contributed by atoms with Gasteiger partial charge < -0.3 is 5.73 Å². The Kier molecular flexibility index (Phi) is 4.35. The molecule has 3 N–H and O–H groups in total. The molecule has 0 unspecified atom stereocenters. The van der Waals surface area contributed by atoms with E-state index in [-0.39, 0.29) is 10.8 Å². The summed E-state index contributed by atoms with van der Waals surface area (Å²) in [5.74, 6) is -0.456. The SMILES string of the molecule is Cc1ccccc1N/N=C1/C(=O)N(C(N)=S)N=C1c1ccccc1. The first-order valence-corrected chi connectivity index (χ1v) is 7.66. The van der Waals surface area contributed by atoms with Crippen LogP contribution in [0, 0.1) is 6.92 Å². The number of hydrogen-bond donors (Lipinski definition) is 2. The van der Waals surface area contributed by atoms with Crippen LogP contribution >= 0.6 is 12.2 Å². The molecule has 2 aromatic rings. The van der Waals surface area contributed by atoms with Gasteiger partial charge >= 0.3 is 5.91 Å². The molecule has 1 heterocycles. The van der Waals surface area contributed by atoms with Gasteiger partial charge in [0, 0.05) is 5.56 Å². The summed E-state index contributed by atoms with van der Waals surface area (Å²) in [6.45, 7) is 1.95. The van der Waals surface area contributed by atoms with E-state index in [9.17, 15) is 4.79 Å². The fourth-order valence-corrected chi connectivity index (χ4v) is 2.37. The van der Waals surface area contributed by atoms with Gasteiger partial charge in [0.1, 0.15) is 5.71 Å². The molecule has 120 valence electrons. The highest BCUT2D eigenvalue weighted by Crippen LogP contribution is 2.16. The van der Waals surface area contributed by atoms with Gasteiger partial charge in [-0.2, -0.15) is 15.2 Å². The summed E-state index contributed by atoms with van der Waals surface area (Å²) in [6, 6.07) is 16.9. The summed E-state index contributed by atoms with van der Waals surface area (Å²) in [5.41, 5.74) is 11.7. The van der Waals surface area contributed by atoms with Crippen LogP contribution in [-0.4, -0.2) is 27.5 Å². The van der Waals surface area contributed by atoms with E-state index in [1.165, 1.54) is 0 Å². The highest BCUT2D eigenvalue weighted by molar-refractivity contribution is 7.80. The van der Waals surface area contributed by atoms with Gasteiger partial charge in [0.05, 0.1) is 5.69 Å². The molecule has 0 atom stereocenters. The van der Waals surface area contributed by atoms with Crippen molar-refractivity contribution in [3.05, 3.63) is 65.7 Å². The topological polar surface area (TPSA) is 83.1 Å². The zero-order valence-electron chi connectivity index (χ0n) is 12.9. The molecule has 24 heavy (non-hydrogen) atoms. The van der Waals surface area contributed by atoms with Crippen LogP contribution in [-0.2, 0) is 4.79 Å². The molecule has 0 spiro atoms. The zero-order chi connectivity index (χ0) is 17.1. The lowest BCUT2D eigenvalue weighted by Gasteiger charge is -2.07. The van der Waals surface area contributed by atoms with E-state index in [0.717, 1.165) is 21.8 Å². The normalized spacial score (nSPS) is 15.5. The molecule has 0 radical (unpaired) electrons. The molecule has 7 heteroatoms. The molecule has 0 saturated heterocycles. The molecule has 1 aliphatic heterocycles. The number of hydrogen-bond acceptors (Lipinski definition) is 5. The fourth-order valence-electron chi connectivity index (χ4n) is 2.25. The molecule has 0 saturated carbocycles. The molecule has 6 nitrogen and oxygen atoms in total. The van der Waals surface area contributed by atoms with Gasteiger partial charge in [0.2, 0.25) is 0 Å². The maximum absolute atomic E-state index is 12.5. The number of nitrogens with two attached hydrogens (primary N) is 1. The van der Waals surface area contributed by atoms with Crippen molar-refractivity contribution in [1.29, 1.82) is 0 Å². The second-order valence-electron chi connectivity index (χ2n) is 5.16. The second kappa shape index (κ2) is 6.59. The number of nitrogens with one attached hydrogen (secondary N) is 1. The lowest BCUT2D eigenvalue weighted by atomic mass is 10.1. The minimum Gasteiger partial charge on any atom is -0.374 e. The number of thiocarbonyl (C=S) groups is 1. The van der Waals surface area contributed by atoms with Crippen LogP contribution in [0.5, 0.6) is 0 Å². The largest absolute Gasteiger partial charge is 0.374 e. The molecule has 1 aliphatic rings. The van der Waals surface area contributed by atoms with Crippen molar-refractivity contribution < 1.29 is 4.79 Å². The predicted octanol–water partition coefficient (Wildman–Crippen LogP) is 2.25. The lowest BCUT2D eigenvalue weighted by molar-refractivity contribution is -0.119. The first-order valence-electron chi connectivity index (χ1n) is 7.25. The number of carbonyl (C=O) groups excluding carboxylic acids is 1. The Morgan fingerprint density at radius 3 is 2.50 bits per heavy atom. The van der Waals surface area contributed by atoms with Crippen molar-refractivity contribution >= 4 is 40.3 Å². The quantitative estimate of drug-likeness (QED) is 0.665. The van der Waals surface area contributed by atoms with Crippen LogP contribution in [0.4, 0.5) is 5.69 Å².